The third kappa shape index (κ3) is 3.93. The largest absolute Gasteiger partial charge is 0.271 e. The monoisotopic (exact) mass is 376 g/mol. The number of hydrogen-bond acceptors (Lipinski definition) is 2. The summed E-state index contributed by atoms with van der Waals surface area (Å²) in [6.07, 6.45) is 0.508. The third-order valence-electron chi connectivity index (χ3n) is 2.90. The quantitative estimate of drug-likeness (QED) is 0.601. The van der Waals surface area contributed by atoms with E-state index in [-0.39, 0.29) is 11.9 Å². The molecule has 0 amide bonds. The number of hydrogen-bond donors (Lipinski definition) is 2. The summed E-state index contributed by atoms with van der Waals surface area (Å²) in [7, 11) is 0. The van der Waals surface area contributed by atoms with Crippen LogP contribution >= 0.6 is 39.1 Å². The highest BCUT2D eigenvalue weighted by Crippen LogP contribution is 2.28. The van der Waals surface area contributed by atoms with E-state index < -0.39 is 0 Å². The van der Waals surface area contributed by atoms with Crippen LogP contribution in [-0.4, -0.2) is 0 Å². The summed E-state index contributed by atoms with van der Waals surface area (Å²) < 4.78 is 14.1. The molecule has 6 heteroatoms. The second kappa shape index (κ2) is 6.87. The fraction of sp³-hybridized carbons (Fsp3) is 0.143. The van der Waals surface area contributed by atoms with Crippen molar-refractivity contribution in [2.24, 2.45) is 5.84 Å². The van der Waals surface area contributed by atoms with Crippen molar-refractivity contribution in [2.75, 3.05) is 0 Å². The van der Waals surface area contributed by atoms with E-state index in [1.54, 1.807) is 12.1 Å². The molecular weight excluding hydrogens is 366 g/mol. The minimum atomic E-state index is -0.299. The van der Waals surface area contributed by atoms with Crippen LogP contribution in [0.4, 0.5) is 4.39 Å². The van der Waals surface area contributed by atoms with Gasteiger partial charge in [0.25, 0.3) is 0 Å². The highest BCUT2D eigenvalue weighted by molar-refractivity contribution is 9.10. The van der Waals surface area contributed by atoms with E-state index in [1.807, 2.05) is 12.1 Å². The summed E-state index contributed by atoms with van der Waals surface area (Å²) in [6, 6.07) is 9.70. The van der Waals surface area contributed by atoms with Gasteiger partial charge in [-0.05, 0) is 47.9 Å². The van der Waals surface area contributed by atoms with Gasteiger partial charge in [0.1, 0.15) is 5.82 Å². The van der Waals surface area contributed by atoms with Gasteiger partial charge in [-0.1, -0.05) is 45.2 Å². The molecule has 2 rings (SSSR count). The summed E-state index contributed by atoms with van der Waals surface area (Å²) in [6.45, 7) is 0. The molecule has 3 N–H and O–H groups in total. The van der Waals surface area contributed by atoms with Gasteiger partial charge in [-0.3, -0.25) is 11.3 Å². The Balaban J connectivity index is 2.28. The van der Waals surface area contributed by atoms with Crippen molar-refractivity contribution in [3.05, 3.63) is 67.9 Å². The molecular formula is C14H12BrCl2FN2. The van der Waals surface area contributed by atoms with E-state index in [2.05, 4.69) is 21.4 Å². The Morgan fingerprint density at radius 2 is 1.95 bits per heavy atom. The Morgan fingerprint density at radius 3 is 2.55 bits per heavy atom. The lowest BCUT2D eigenvalue weighted by Crippen LogP contribution is -2.29. The van der Waals surface area contributed by atoms with E-state index in [0.717, 1.165) is 11.1 Å². The SMILES string of the molecule is NNC(Cc1cc(F)cc(Br)c1)c1ccc(Cl)cc1Cl. The topological polar surface area (TPSA) is 38.0 Å². The van der Waals surface area contributed by atoms with Crippen molar-refractivity contribution in [3.63, 3.8) is 0 Å². The molecule has 2 nitrogen and oxygen atoms in total. The van der Waals surface area contributed by atoms with Crippen molar-refractivity contribution >= 4 is 39.1 Å². The molecule has 2 aromatic carbocycles. The lowest BCUT2D eigenvalue weighted by atomic mass is 9.99. The summed E-state index contributed by atoms with van der Waals surface area (Å²) in [5, 5.41) is 1.08. The molecule has 0 saturated heterocycles. The third-order valence-corrected chi connectivity index (χ3v) is 3.92. The van der Waals surface area contributed by atoms with Crippen LogP contribution in [0.3, 0.4) is 0 Å². The summed E-state index contributed by atoms with van der Waals surface area (Å²) in [5.41, 5.74) is 4.33. The molecule has 0 heterocycles. The van der Waals surface area contributed by atoms with Crippen molar-refractivity contribution < 1.29 is 4.39 Å². The second-order valence-electron chi connectivity index (χ2n) is 4.37. The first-order valence-corrected chi connectivity index (χ1v) is 7.40. The number of rotatable bonds is 4. The van der Waals surface area contributed by atoms with E-state index in [1.165, 1.54) is 12.1 Å². The molecule has 0 radical (unpaired) electrons. The Kier molecular flexibility index (Phi) is 5.41. The van der Waals surface area contributed by atoms with Crippen LogP contribution in [-0.2, 0) is 6.42 Å². The van der Waals surface area contributed by atoms with Gasteiger partial charge in [-0.25, -0.2) is 4.39 Å². The van der Waals surface area contributed by atoms with Gasteiger partial charge in [-0.2, -0.15) is 0 Å². The number of halogens is 4. The standard InChI is InChI=1S/C14H12BrCl2FN2/c15-9-3-8(4-11(18)6-9)5-14(20-19)12-2-1-10(16)7-13(12)17/h1-4,6-7,14,20H,5,19H2. The molecule has 0 aliphatic carbocycles. The highest BCUT2D eigenvalue weighted by Gasteiger charge is 2.15. The number of nitrogens with two attached hydrogens (primary N) is 1. The minimum Gasteiger partial charge on any atom is -0.271 e. The molecule has 2 aromatic rings. The van der Waals surface area contributed by atoms with Crippen molar-refractivity contribution in [3.8, 4) is 0 Å². The summed E-state index contributed by atoms with van der Waals surface area (Å²) in [5.74, 6) is 5.29. The Morgan fingerprint density at radius 1 is 1.20 bits per heavy atom. The van der Waals surface area contributed by atoms with Crippen LogP contribution in [0, 0.1) is 5.82 Å². The van der Waals surface area contributed by atoms with Gasteiger partial charge >= 0.3 is 0 Å². The number of hydrazine groups is 1. The van der Waals surface area contributed by atoms with Gasteiger partial charge in [0.05, 0.1) is 6.04 Å². The molecule has 0 aliphatic rings. The van der Waals surface area contributed by atoms with Crippen LogP contribution in [0.5, 0.6) is 0 Å². The maximum Gasteiger partial charge on any atom is 0.124 e. The fourth-order valence-electron chi connectivity index (χ4n) is 2.01. The predicted molar refractivity (Wildman–Crippen MR) is 84.3 cm³/mol. The molecule has 1 atom stereocenters. The minimum absolute atomic E-state index is 0.228. The van der Waals surface area contributed by atoms with Gasteiger partial charge < -0.3 is 0 Å². The fourth-order valence-corrected chi connectivity index (χ4v) is 3.06. The lowest BCUT2D eigenvalue weighted by molar-refractivity contribution is 0.548. The molecule has 0 aliphatic heterocycles. The predicted octanol–water partition coefficient (Wildman–Crippen LogP) is 4.64. The Hall–Kier alpha value is -0.650. The Labute approximate surface area is 135 Å². The van der Waals surface area contributed by atoms with Crippen LogP contribution in [0.1, 0.15) is 17.2 Å². The molecule has 0 aromatic heterocycles. The van der Waals surface area contributed by atoms with Crippen LogP contribution < -0.4 is 11.3 Å². The van der Waals surface area contributed by atoms with E-state index in [4.69, 9.17) is 29.0 Å². The Bertz CT molecular complexity index is 602. The zero-order valence-electron chi connectivity index (χ0n) is 10.3. The van der Waals surface area contributed by atoms with E-state index in [0.29, 0.717) is 20.9 Å². The van der Waals surface area contributed by atoms with Gasteiger partial charge in [0.2, 0.25) is 0 Å². The van der Waals surface area contributed by atoms with Crippen molar-refractivity contribution in [1.29, 1.82) is 0 Å². The van der Waals surface area contributed by atoms with E-state index >= 15 is 0 Å². The van der Waals surface area contributed by atoms with Gasteiger partial charge in [-0.15, -0.1) is 0 Å². The van der Waals surface area contributed by atoms with Gasteiger partial charge in [0, 0.05) is 14.5 Å². The zero-order valence-corrected chi connectivity index (χ0v) is 13.4. The van der Waals surface area contributed by atoms with Gasteiger partial charge in [0.15, 0.2) is 0 Å². The number of benzene rings is 2. The molecule has 0 bridgehead atoms. The molecule has 0 spiro atoms. The maximum atomic E-state index is 13.4. The van der Waals surface area contributed by atoms with Crippen LogP contribution in [0.25, 0.3) is 0 Å². The lowest BCUT2D eigenvalue weighted by Gasteiger charge is -2.18. The summed E-state index contributed by atoms with van der Waals surface area (Å²) >= 11 is 15.3. The van der Waals surface area contributed by atoms with Crippen molar-refractivity contribution in [2.45, 2.75) is 12.5 Å². The highest BCUT2D eigenvalue weighted by atomic mass is 79.9. The maximum absolute atomic E-state index is 13.4. The zero-order chi connectivity index (χ0) is 14.7. The first-order chi connectivity index (χ1) is 9.49. The first kappa shape index (κ1) is 15.7. The average molecular weight is 378 g/mol. The molecule has 0 fully saturated rings. The molecule has 0 saturated carbocycles. The number of nitrogens with one attached hydrogen (secondary N) is 1. The second-order valence-corrected chi connectivity index (χ2v) is 6.13. The average Bonchev–Trinajstić information content (AvgIpc) is 2.35. The normalized spacial score (nSPS) is 12.4. The first-order valence-electron chi connectivity index (χ1n) is 5.85. The van der Waals surface area contributed by atoms with Crippen molar-refractivity contribution in [1.82, 2.24) is 5.43 Å². The molecule has 1 unspecified atom stereocenters. The van der Waals surface area contributed by atoms with Crippen LogP contribution in [0.15, 0.2) is 40.9 Å². The van der Waals surface area contributed by atoms with Crippen LogP contribution in [0.2, 0.25) is 10.0 Å². The molecule has 106 valence electrons. The molecule has 20 heavy (non-hydrogen) atoms. The smallest absolute Gasteiger partial charge is 0.124 e. The summed E-state index contributed by atoms with van der Waals surface area (Å²) in [4.78, 5) is 0. The van der Waals surface area contributed by atoms with E-state index in [9.17, 15) is 4.39 Å².